The second-order valence-corrected chi connectivity index (χ2v) is 8.67. The normalized spacial score (nSPS) is 18.9. The van der Waals surface area contributed by atoms with Gasteiger partial charge in [0, 0.05) is 18.5 Å². The van der Waals surface area contributed by atoms with E-state index < -0.39 is 23.5 Å². The van der Waals surface area contributed by atoms with Crippen LogP contribution >= 0.6 is 0 Å². The Morgan fingerprint density at radius 1 is 1.09 bits per heavy atom. The van der Waals surface area contributed by atoms with Crippen LogP contribution in [0.1, 0.15) is 37.4 Å². The first-order valence-electron chi connectivity index (χ1n) is 12.1. The van der Waals surface area contributed by atoms with Crippen molar-refractivity contribution >= 4 is 17.4 Å². The molecule has 0 spiro atoms. The van der Waals surface area contributed by atoms with E-state index in [9.17, 15) is 14.7 Å². The maximum atomic E-state index is 13.7. The van der Waals surface area contributed by atoms with E-state index in [0.29, 0.717) is 42.6 Å². The van der Waals surface area contributed by atoms with Crippen molar-refractivity contribution in [2.45, 2.75) is 26.3 Å². The van der Waals surface area contributed by atoms with Gasteiger partial charge in [0.2, 0.25) is 5.78 Å². The number of ether oxygens (including phenoxy) is 3. The molecule has 0 aliphatic carbocycles. The molecule has 0 radical (unpaired) electrons. The van der Waals surface area contributed by atoms with E-state index >= 15 is 0 Å². The first-order valence-corrected chi connectivity index (χ1v) is 12.1. The number of ketones is 1. The second kappa shape index (κ2) is 10.8. The number of Topliss-reactive ketones (excluding diaryl/α,β-unsaturated/α-hetero) is 1. The first kappa shape index (κ1) is 24.6. The van der Waals surface area contributed by atoms with E-state index in [4.69, 9.17) is 14.2 Å². The first-order chi connectivity index (χ1) is 17.0. The zero-order valence-electron chi connectivity index (χ0n) is 20.5. The average molecular weight is 481 g/mol. The highest BCUT2D eigenvalue weighted by molar-refractivity contribution is 6.46. The van der Waals surface area contributed by atoms with Gasteiger partial charge in [-0.2, -0.15) is 0 Å². The van der Waals surface area contributed by atoms with Gasteiger partial charge in [0.1, 0.15) is 19.0 Å². The summed E-state index contributed by atoms with van der Waals surface area (Å²) in [7, 11) is 1.56. The van der Waals surface area contributed by atoms with Gasteiger partial charge >= 0.3 is 0 Å². The molecule has 0 aromatic heterocycles. The minimum absolute atomic E-state index is 0.0462. The van der Waals surface area contributed by atoms with Crippen LogP contribution in [0, 0.1) is 0 Å². The highest BCUT2D eigenvalue weighted by Gasteiger charge is 2.44. The minimum atomic E-state index is -0.780. The average Bonchev–Trinajstić information content (AvgIpc) is 3.15. The van der Waals surface area contributed by atoms with Crippen LogP contribution in [0.5, 0.6) is 17.2 Å². The van der Waals surface area contributed by atoms with Crippen LogP contribution in [0.15, 0.2) is 48.0 Å². The Hall–Kier alpha value is -3.52. The number of rotatable bonds is 9. The Balaban J connectivity index is 1.75. The Morgan fingerprint density at radius 3 is 2.54 bits per heavy atom. The van der Waals surface area contributed by atoms with Crippen LogP contribution in [0.4, 0.5) is 0 Å². The third kappa shape index (κ3) is 4.98. The lowest BCUT2D eigenvalue weighted by Gasteiger charge is -2.28. The summed E-state index contributed by atoms with van der Waals surface area (Å²) in [4.78, 5) is 29.3. The van der Waals surface area contributed by atoms with E-state index in [0.717, 1.165) is 26.1 Å². The van der Waals surface area contributed by atoms with E-state index in [1.165, 1.54) is 9.80 Å². The van der Waals surface area contributed by atoms with Crippen molar-refractivity contribution in [1.82, 2.24) is 4.90 Å². The fraction of sp³-hybridized carbons (Fsp3) is 0.407. The van der Waals surface area contributed by atoms with Crippen molar-refractivity contribution in [2.24, 2.45) is 0 Å². The number of hydrogen-bond donors (Lipinski definition) is 1. The molecular formula is C27H32N2O6. The molecule has 1 fully saturated rings. The number of nitrogens with zero attached hydrogens (tertiary/aromatic N) is 1. The molecule has 8 nitrogen and oxygen atoms in total. The molecule has 2 heterocycles. The van der Waals surface area contributed by atoms with Crippen LogP contribution in [0.2, 0.25) is 0 Å². The summed E-state index contributed by atoms with van der Waals surface area (Å²) in [6, 6.07) is 11.2. The Kier molecular flexibility index (Phi) is 7.60. The summed E-state index contributed by atoms with van der Waals surface area (Å²) in [6.45, 7) is 8.31. The number of amides is 1. The molecule has 2 aliphatic heterocycles. The molecule has 0 saturated carbocycles. The summed E-state index contributed by atoms with van der Waals surface area (Å²) < 4.78 is 16.5. The highest BCUT2D eigenvalue weighted by Crippen LogP contribution is 2.41. The van der Waals surface area contributed by atoms with E-state index in [2.05, 4.69) is 13.8 Å². The molecule has 2 aromatic rings. The Labute approximate surface area is 205 Å². The number of likely N-dealkylation sites (tertiary alicyclic amines) is 1. The molecule has 35 heavy (non-hydrogen) atoms. The smallest absolute Gasteiger partial charge is 0.295 e. The fourth-order valence-corrected chi connectivity index (χ4v) is 4.70. The maximum Gasteiger partial charge on any atom is 0.295 e. The second-order valence-electron chi connectivity index (χ2n) is 8.67. The quantitative estimate of drug-likeness (QED) is 0.327. The summed E-state index contributed by atoms with van der Waals surface area (Å²) in [5.74, 6) is -0.285. The van der Waals surface area contributed by atoms with Gasteiger partial charge < -0.3 is 29.1 Å². The number of fused-ring (bicyclic) bond motifs is 1. The number of carbonyl (C=O) groups is 2. The number of carbonyl (C=O) groups excluding carboxylic acids is 2. The highest BCUT2D eigenvalue weighted by atomic mass is 16.6. The van der Waals surface area contributed by atoms with Crippen molar-refractivity contribution in [2.75, 3.05) is 46.5 Å². The van der Waals surface area contributed by atoms with Gasteiger partial charge in [-0.25, -0.2) is 0 Å². The van der Waals surface area contributed by atoms with Crippen molar-refractivity contribution < 1.29 is 33.8 Å². The molecule has 186 valence electrons. The third-order valence-electron chi connectivity index (χ3n) is 6.67. The number of benzene rings is 2. The number of nitrogens with one attached hydrogen (secondary N) is 1. The van der Waals surface area contributed by atoms with Crippen molar-refractivity contribution in [3.63, 3.8) is 0 Å². The zero-order chi connectivity index (χ0) is 24.9. The van der Waals surface area contributed by atoms with Crippen LogP contribution in [0.25, 0.3) is 5.76 Å². The molecule has 4 rings (SSSR count). The lowest BCUT2D eigenvalue weighted by Crippen LogP contribution is -3.11. The topological polar surface area (TPSA) is 92.6 Å². The summed E-state index contributed by atoms with van der Waals surface area (Å²) in [6.07, 6.45) is 0.724. The van der Waals surface area contributed by atoms with E-state index in [-0.39, 0.29) is 11.1 Å². The lowest BCUT2D eigenvalue weighted by atomic mass is 9.95. The fourth-order valence-electron chi connectivity index (χ4n) is 4.70. The molecule has 0 bridgehead atoms. The summed E-state index contributed by atoms with van der Waals surface area (Å²) in [5, 5.41) is 13.7. The number of hydrogen-bond acceptors (Lipinski definition) is 6. The standard InChI is InChI=1S/C27H32N2O6/c1-4-28(5-2)12-7-13-29-24(18-8-6-9-20(16-18)33-3)23(26(31)27(29)32)25(30)19-10-11-21-22(17-19)35-15-14-34-21/h6,8-11,16-17,24,30H,4-5,7,12-15H2,1-3H3. The third-order valence-corrected chi connectivity index (χ3v) is 6.67. The van der Waals surface area contributed by atoms with Gasteiger partial charge in [0.05, 0.1) is 32.8 Å². The lowest BCUT2D eigenvalue weighted by molar-refractivity contribution is -0.896. The van der Waals surface area contributed by atoms with Gasteiger partial charge in [0.25, 0.3) is 5.91 Å². The molecule has 1 N–H and O–H groups in total. The minimum Gasteiger partial charge on any atom is -0.872 e. The largest absolute Gasteiger partial charge is 0.872 e. The molecule has 2 aliphatic rings. The van der Waals surface area contributed by atoms with Gasteiger partial charge in [-0.3, -0.25) is 9.59 Å². The SMILES string of the molecule is CC[NH+](CC)CCCN1C(=O)C(=O)C(=C([O-])c2ccc3c(c2)OCCO3)C1c1cccc(OC)c1. The molecule has 2 aromatic carbocycles. The van der Waals surface area contributed by atoms with Crippen LogP contribution in [-0.4, -0.2) is 63.1 Å². The predicted molar refractivity (Wildman–Crippen MR) is 128 cm³/mol. The monoisotopic (exact) mass is 480 g/mol. The molecule has 1 atom stereocenters. The van der Waals surface area contributed by atoms with Crippen molar-refractivity contribution in [1.29, 1.82) is 0 Å². The summed E-state index contributed by atoms with van der Waals surface area (Å²) in [5.41, 5.74) is 0.905. The number of methoxy groups -OCH3 is 1. The molecular weight excluding hydrogens is 448 g/mol. The predicted octanol–water partition coefficient (Wildman–Crippen LogP) is 1.01. The van der Waals surface area contributed by atoms with Gasteiger partial charge in [-0.1, -0.05) is 24.0 Å². The molecule has 8 heteroatoms. The summed E-state index contributed by atoms with van der Waals surface area (Å²) >= 11 is 0. The molecule has 1 amide bonds. The van der Waals surface area contributed by atoms with Gasteiger partial charge in [-0.05, 0) is 49.2 Å². The van der Waals surface area contributed by atoms with Crippen molar-refractivity contribution in [3.05, 3.63) is 59.2 Å². The maximum absolute atomic E-state index is 13.7. The molecule has 1 unspecified atom stereocenters. The van der Waals surface area contributed by atoms with Crippen LogP contribution < -0.4 is 24.2 Å². The van der Waals surface area contributed by atoms with E-state index in [1.54, 1.807) is 43.5 Å². The Morgan fingerprint density at radius 2 is 1.83 bits per heavy atom. The van der Waals surface area contributed by atoms with Gasteiger partial charge in [-0.15, -0.1) is 0 Å². The molecule has 1 saturated heterocycles. The van der Waals surface area contributed by atoms with E-state index in [1.807, 2.05) is 6.07 Å². The van der Waals surface area contributed by atoms with Crippen LogP contribution in [-0.2, 0) is 9.59 Å². The van der Waals surface area contributed by atoms with Crippen LogP contribution in [0.3, 0.4) is 0 Å². The van der Waals surface area contributed by atoms with Crippen molar-refractivity contribution in [3.8, 4) is 17.2 Å². The number of quaternary nitrogens is 1. The Bertz CT molecular complexity index is 1120. The zero-order valence-corrected chi connectivity index (χ0v) is 20.5. The van der Waals surface area contributed by atoms with Gasteiger partial charge in [0.15, 0.2) is 11.5 Å².